The van der Waals surface area contributed by atoms with Crippen molar-refractivity contribution in [1.29, 1.82) is 0 Å². The van der Waals surface area contributed by atoms with Gasteiger partial charge in [-0.15, -0.1) is 0 Å². The van der Waals surface area contributed by atoms with Crippen molar-refractivity contribution in [2.24, 2.45) is 28.9 Å². The third-order valence-electron chi connectivity index (χ3n) is 7.48. The number of primary amides is 1. The fraction of sp³-hybridized carbons (Fsp3) is 0.484. The van der Waals surface area contributed by atoms with E-state index >= 15 is 0 Å². The number of nitrogens with two attached hydrogens (primary N) is 4. The fourth-order valence-electron chi connectivity index (χ4n) is 5.10. The number of hydrogen-bond acceptors (Lipinski definition) is 8. The van der Waals surface area contributed by atoms with Crippen LogP contribution >= 0.6 is 15.9 Å². The minimum atomic E-state index is -1.02. The number of amides is 4. The van der Waals surface area contributed by atoms with Gasteiger partial charge in [-0.2, -0.15) is 0 Å². The molecular formula is C31H47BrN8O4. The van der Waals surface area contributed by atoms with Crippen LogP contribution in [-0.2, 0) is 25.6 Å². The first-order valence-corrected chi connectivity index (χ1v) is 15.7. The molecule has 12 nitrogen and oxygen atoms in total. The highest BCUT2D eigenvalue weighted by Crippen LogP contribution is 2.27. The largest absolute Gasteiger partial charge is 0.404 e. The van der Waals surface area contributed by atoms with E-state index in [2.05, 4.69) is 43.8 Å². The molecule has 3 atom stereocenters. The zero-order chi connectivity index (χ0) is 32.5. The van der Waals surface area contributed by atoms with E-state index in [0.717, 1.165) is 37.7 Å². The lowest BCUT2D eigenvalue weighted by Crippen LogP contribution is -2.57. The summed E-state index contributed by atoms with van der Waals surface area (Å²) in [5, 5.41) is 11.2. The minimum absolute atomic E-state index is 0.190. The van der Waals surface area contributed by atoms with Crippen LogP contribution in [0.25, 0.3) is 0 Å². The second-order valence-corrected chi connectivity index (χ2v) is 11.9. The van der Waals surface area contributed by atoms with Crippen LogP contribution in [0.1, 0.15) is 56.9 Å². The van der Waals surface area contributed by atoms with Crippen LogP contribution in [0.5, 0.6) is 0 Å². The maximum atomic E-state index is 13.8. The van der Waals surface area contributed by atoms with Gasteiger partial charge in [-0.1, -0.05) is 75.1 Å². The minimum Gasteiger partial charge on any atom is -0.404 e. The first-order chi connectivity index (χ1) is 21.0. The Morgan fingerprint density at radius 1 is 0.955 bits per heavy atom. The molecule has 1 aliphatic carbocycles. The topological polar surface area (TPSA) is 220 Å². The average molecular weight is 676 g/mol. The summed E-state index contributed by atoms with van der Waals surface area (Å²) in [4.78, 5) is 52.7. The van der Waals surface area contributed by atoms with Crippen LogP contribution in [0.2, 0.25) is 0 Å². The third-order valence-corrected chi connectivity index (χ3v) is 7.97. The molecule has 0 spiro atoms. The summed E-state index contributed by atoms with van der Waals surface area (Å²) in [6.07, 6.45) is 9.80. The Labute approximate surface area is 268 Å². The van der Waals surface area contributed by atoms with E-state index in [4.69, 9.17) is 22.9 Å². The van der Waals surface area contributed by atoms with Gasteiger partial charge in [-0.25, -0.2) is 0 Å². The molecule has 44 heavy (non-hydrogen) atoms. The van der Waals surface area contributed by atoms with Gasteiger partial charge in [0, 0.05) is 22.7 Å². The molecule has 0 radical (unpaired) electrons. The summed E-state index contributed by atoms with van der Waals surface area (Å²) in [6.45, 7) is 4.09. The van der Waals surface area contributed by atoms with Crippen LogP contribution in [0, 0.1) is 5.92 Å². The van der Waals surface area contributed by atoms with E-state index in [1.54, 1.807) is 0 Å². The SMILES string of the molecule is C=C/C(=C\C(Br)=C/N)C(=O)N[C@@H](CC1CCCCC1)C(=O)N[C@@H](CCCNC(N)N)C(=O)N[C@@H](Cc1ccccc1)C(N)=O. The monoisotopic (exact) mass is 674 g/mol. The van der Waals surface area contributed by atoms with Crippen LogP contribution < -0.4 is 44.2 Å². The number of benzene rings is 1. The van der Waals surface area contributed by atoms with E-state index in [9.17, 15) is 19.2 Å². The summed E-state index contributed by atoms with van der Waals surface area (Å²) < 4.78 is 0.470. The van der Waals surface area contributed by atoms with E-state index in [1.165, 1.54) is 18.4 Å². The van der Waals surface area contributed by atoms with Crippen molar-refractivity contribution in [3.63, 3.8) is 0 Å². The molecule has 4 amide bonds. The number of halogens is 1. The number of carbonyl (C=O) groups is 4. The summed E-state index contributed by atoms with van der Waals surface area (Å²) in [6, 6.07) is 6.22. The fourth-order valence-corrected chi connectivity index (χ4v) is 5.35. The second-order valence-electron chi connectivity index (χ2n) is 11.0. The molecule has 1 fully saturated rings. The van der Waals surface area contributed by atoms with Gasteiger partial charge in [-0.3, -0.25) is 24.5 Å². The van der Waals surface area contributed by atoms with Crippen molar-refractivity contribution in [1.82, 2.24) is 21.3 Å². The van der Waals surface area contributed by atoms with Gasteiger partial charge in [0.25, 0.3) is 5.91 Å². The highest BCUT2D eigenvalue weighted by Gasteiger charge is 2.31. The van der Waals surface area contributed by atoms with Crippen molar-refractivity contribution < 1.29 is 19.2 Å². The standard InChI is InChI=1S/C31H47BrN8O4/c1-2-22(18-23(32)19-33)28(42)40-26(17-21-12-7-4-8-13-21)30(44)38-24(14-9-15-37-31(35)36)29(43)39-25(27(34)41)16-20-10-5-3-6-11-20/h2-3,5-6,10-11,18-19,21,24-26,31,37H,1,4,7-9,12-17,33,35-36H2,(H2,34,41)(H,38,44)(H,39,43)(H,40,42)/b22-18+,23-19+/t24-,25-,26-/m0/s1. The second kappa shape index (κ2) is 19.7. The lowest BCUT2D eigenvalue weighted by atomic mass is 9.84. The van der Waals surface area contributed by atoms with E-state index in [-0.39, 0.29) is 24.3 Å². The van der Waals surface area contributed by atoms with Crippen LogP contribution in [0.4, 0.5) is 0 Å². The third kappa shape index (κ3) is 13.4. The van der Waals surface area contributed by atoms with Gasteiger partial charge in [0.15, 0.2) is 0 Å². The highest BCUT2D eigenvalue weighted by atomic mass is 79.9. The molecule has 1 aromatic carbocycles. The summed E-state index contributed by atoms with van der Waals surface area (Å²) >= 11 is 3.25. The van der Waals surface area contributed by atoms with Gasteiger partial charge in [0.05, 0.1) is 0 Å². The molecule has 242 valence electrons. The number of rotatable bonds is 18. The predicted octanol–water partition coefficient (Wildman–Crippen LogP) is 1.02. The molecule has 1 aliphatic rings. The molecule has 0 aliphatic heterocycles. The van der Waals surface area contributed by atoms with Crippen LogP contribution in [-0.4, -0.2) is 54.6 Å². The van der Waals surface area contributed by atoms with Crippen LogP contribution in [0.15, 0.2) is 65.3 Å². The van der Waals surface area contributed by atoms with Gasteiger partial charge in [0.2, 0.25) is 17.7 Å². The molecule has 0 bridgehead atoms. The lowest BCUT2D eigenvalue weighted by Gasteiger charge is -2.28. The molecule has 12 N–H and O–H groups in total. The van der Waals surface area contributed by atoms with E-state index < -0.39 is 48.0 Å². The quantitative estimate of drug-likeness (QED) is 0.0485. The highest BCUT2D eigenvalue weighted by molar-refractivity contribution is 9.11. The smallest absolute Gasteiger partial charge is 0.251 e. The number of carbonyl (C=O) groups excluding carboxylic acids is 4. The van der Waals surface area contributed by atoms with E-state index in [0.29, 0.717) is 23.9 Å². The Balaban J connectivity index is 2.27. The lowest BCUT2D eigenvalue weighted by molar-refractivity contribution is -0.133. The Morgan fingerprint density at radius 2 is 1.59 bits per heavy atom. The number of nitrogens with one attached hydrogen (secondary N) is 4. The van der Waals surface area contributed by atoms with Gasteiger partial charge in [-0.05, 0) is 59.3 Å². The van der Waals surface area contributed by atoms with Gasteiger partial charge >= 0.3 is 0 Å². The Bertz CT molecular complexity index is 1170. The molecular weight excluding hydrogens is 628 g/mol. The predicted molar refractivity (Wildman–Crippen MR) is 175 cm³/mol. The summed E-state index contributed by atoms with van der Waals surface area (Å²) in [5.74, 6) is -2.05. The van der Waals surface area contributed by atoms with Crippen molar-refractivity contribution in [3.8, 4) is 0 Å². The van der Waals surface area contributed by atoms with Crippen molar-refractivity contribution in [3.05, 3.63) is 70.9 Å². The summed E-state index contributed by atoms with van der Waals surface area (Å²) in [5.41, 5.74) is 23.3. The van der Waals surface area contributed by atoms with Gasteiger partial charge < -0.3 is 38.9 Å². The molecule has 0 aromatic heterocycles. The van der Waals surface area contributed by atoms with Gasteiger partial charge in [0.1, 0.15) is 24.4 Å². The summed E-state index contributed by atoms with van der Waals surface area (Å²) in [7, 11) is 0. The molecule has 1 saturated carbocycles. The molecule has 0 saturated heterocycles. The molecule has 2 rings (SSSR count). The van der Waals surface area contributed by atoms with Crippen molar-refractivity contribution in [2.75, 3.05) is 6.54 Å². The zero-order valence-corrected chi connectivity index (χ0v) is 26.7. The van der Waals surface area contributed by atoms with E-state index in [1.807, 2.05) is 30.3 Å². The molecule has 0 unspecified atom stereocenters. The van der Waals surface area contributed by atoms with Crippen LogP contribution in [0.3, 0.4) is 0 Å². The van der Waals surface area contributed by atoms with Crippen molar-refractivity contribution >= 4 is 39.6 Å². The Hall–Kier alpha value is -3.52. The maximum Gasteiger partial charge on any atom is 0.251 e. The Kier molecular flexibility index (Phi) is 16.4. The van der Waals surface area contributed by atoms with Crippen molar-refractivity contribution in [2.45, 2.75) is 82.2 Å². The first-order valence-electron chi connectivity index (χ1n) is 14.9. The zero-order valence-electron chi connectivity index (χ0n) is 25.1. The molecule has 0 heterocycles. The number of allylic oxidation sites excluding steroid dienone is 2. The average Bonchev–Trinajstić information content (AvgIpc) is 3.01. The normalized spacial score (nSPS) is 16.5. The number of hydrogen-bond donors (Lipinski definition) is 8. The molecule has 13 heteroatoms. The Morgan fingerprint density at radius 3 is 2.18 bits per heavy atom. The molecule has 1 aromatic rings. The first kappa shape index (κ1) is 36.7. The maximum absolute atomic E-state index is 13.8.